The summed E-state index contributed by atoms with van der Waals surface area (Å²) >= 11 is 0. The van der Waals surface area contributed by atoms with Crippen molar-refractivity contribution in [3.8, 4) is 0 Å². The smallest absolute Gasteiger partial charge is 0.220 e. The van der Waals surface area contributed by atoms with Gasteiger partial charge in [0.1, 0.15) is 0 Å². The molecule has 1 atom stereocenters. The molecule has 0 aromatic carbocycles. The Morgan fingerprint density at radius 1 is 0.750 bits per heavy atom. The summed E-state index contributed by atoms with van der Waals surface area (Å²) in [5.41, 5.74) is 0. The van der Waals surface area contributed by atoms with Crippen molar-refractivity contribution < 1.29 is 4.79 Å². The molecule has 3 fully saturated rings. The number of likely N-dealkylation sites (tertiary alicyclic amines) is 1. The number of carbonyl (C=O) groups is 1. The number of carbonyl (C=O) groups excluding carboxylic acids is 1. The van der Waals surface area contributed by atoms with E-state index >= 15 is 0 Å². The SMILES string of the molecule is CC(C)C1CCCCC1.CC(C)C1CCNC(=O)C1.CC(C)N1CCCCC1. The third kappa shape index (κ3) is 10.8. The number of amides is 1. The van der Waals surface area contributed by atoms with Gasteiger partial charge in [-0.15, -0.1) is 0 Å². The molecule has 3 aliphatic rings. The van der Waals surface area contributed by atoms with Crippen molar-refractivity contribution >= 4 is 5.91 Å². The Hall–Kier alpha value is -0.570. The zero-order chi connectivity index (χ0) is 20.9. The van der Waals surface area contributed by atoms with Gasteiger partial charge in [0, 0.05) is 19.0 Å². The van der Waals surface area contributed by atoms with Gasteiger partial charge in [0.2, 0.25) is 5.91 Å². The van der Waals surface area contributed by atoms with Crippen LogP contribution < -0.4 is 5.32 Å². The third-order valence-electron chi connectivity index (χ3n) is 6.94. The minimum atomic E-state index is 0.227. The van der Waals surface area contributed by atoms with E-state index in [9.17, 15) is 4.79 Å². The molecular weight excluding hydrogens is 344 g/mol. The molecule has 1 unspecified atom stereocenters. The van der Waals surface area contributed by atoms with E-state index in [0.29, 0.717) is 11.8 Å². The van der Waals surface area contributed by atoms with Gasteiger partial charge in [-0.1, -0.05) is 66.2 Å². The second-order valence-electron chi connectivity index (χ2n) is 10.2. The van der Waals surface area contributed by atoms with Gasteiger partial charge in [0.15, 0.2) is 0 Å². The maximum absolute atomic E-state index is 10.9. The summed E-state index contributed by atoms with van der Waals surface area (Å²) in [5.74, 6) is 3.49. The van der Waals surface area contributed by atoms with Crippen LogP contribution in [0.3, 0.4) is 0 Å². The van der Waals surface area contributed by atoms with E-state index < -0.39 is 0 Å². The summed E-state index contributed by atoms with van der Waals surface area (Å²) in [6.45, 7) is 17.2. The minimum absolute atomic E-state index is 0.227. The number of hydrogen-bond acceptors (Lipinski definition) is 2. The lowest BCUT2D eigenvalue weighted by Crippen LogP contribution is -2.35. The highest BCUT2D eigenvalue weighted by molar-refractivity contribution is 5.76. The van der Waals surface area contributed by atoms with E-state index in [4.69, 9.17) is 0 Å². The molecule has 3 rings (SSSR count). The predicted molar refractivity (Wildman–Crippen MR) is 123 cm³/mol. The fourth-order valence-corrected chi connectivity index (χ4v) is 4.61. The number of piperidine rings is 2. The molecule has 1 aliphatic carbocycles. The van der Waals surface area contributed by atoms with Crippen LogP contribution in [0, 0.1) is 23.7 Å². The van der Waals surface area contributed by atoms with Crippen LogP contribution in [0.5, 0.6) is 0 Å². The third-order valence-corrected chi connectivity index (χ3v) is 6.94. The van der Waals surface area contributed by atoms with Crippen LogP contribution in [0.25, 0.3) is 0 Å². The van der Waals surface area contributed by atoms with Gasteiger partial charge in [-0.05, 0) is 69.9 Å². The van der Waals surface area contributed by atoms with Gasteiger partial charge in [0.25, 0.3) is 0 Å². The van der Waals surface area contributed by atoms with Crippen molar-refractivity contribution in [1.29, 1.82) is 0 Å². The van der Waals surface area contributed by atoms with E-state index in [1.54, 1.807) is 0 Å². The molecule has 0 spiro atoms. The molecule has 1 saturated carbocycles. The molecule has 1 amide bonds. The van der Waals surface area contributed by atoms with Crippen LogP contribution >= 0.6 is 0 Å². The molecule has 0 aromatic rings. The highest BCUT2D eigenvalue weighted by Crippen LogP contribution is 2.29. The summed E-state index contributed by atoms with van der Waals surface area (Å²) in [6.07, 6.45) is 13.6. The predicted octanol–water partition coefficient (Wildman–Crippen LogP) is 6.27. The van der Waals surface area contributed by atoms with Crippen molar-refractivity contribution in [2.45, 2.75) is 112 Å². The summed E-state index contributed by atoms with van der Waals surface area (Å²) < 4.78 is 0. The average Bonchev–Trinajstić information content (AvgIpc) is 2.70. The van der Waals surface area contributed by atoms with Crippen molar-refractivity contribution in [1.82, 2.24) is 10.2 Å². The quantitative estimate of drug-likeness (QED) is 0.611. The Balaban J connectivity index is 0.000000210. The van der Waals surface area contributed by atoms with E-state index in [1.165, 1.54) is 64.5 Å². The fraction of sp³-hybridized carbons (Fsp3) is 0.960. The van der Waals surface area contributed by atoms with E-state index in [0.717, 1.165) is 37.3 Å². The second-order valence-corrected chi connectivity index (χ2v) is 10.2. The molecular formula is C25H50N2O. The van der Waals surface area contributed by atoms with Crippen LogP contribution in [0.2, 0.25) is 0 Å². The summed E-state index contributed by atoms with van der Waals surface area (Å²) in [6, 6.07) is 0.769. The molecule has 2 saturated heterocycles. The van der Waals surface area contributed by atoms with Crippen LogP contribution in [-0.2, 0) is 4.79 Å². The minimum Gasteiger partial charge on any atom is -0.356 e. The lowest BCUT2D eigenvalue weighted by Gasteiger charge is -2.29. The van der Waals surface area contributed by atoms with Gasteiger partial charge in [-0.25, -0.2) is 0 Å². The number of nitrogens with one attached hydrogen (secondary N) is 1. The molecule has 3 nitrogen and oxygen atoms in total. The molecule has 3 heteroatoms. The molecule has 0 aromatic heterocycles. The van der Waals surface area contributed by atoms with Gasteiger partial charge < -0.3 is 10.2 Å². The average molecular weight is 395 g/mol. The van der Waals surface area contributed by atoms with Crippen molar-refractivity contribution in [2.24, 2.45) is 23.7 Å². The lowest BCUT2D eigenvalue weighted by atomic mass is 9.82. The normalized spacial score (nSPS) is 24.3. The zero-order valence-corrected chi connectivity index (χ0v) is 19.9. The molecule has 0 bridgehead atoms. The Morgan fingerprint density at radius 2 is 1.29 bits per heavy atom. The van der Waals surface area contributed by atoms with E-state index in [-0.39, 0.29) is 5.91 Å². The first-order valence-corrected chi connectivity index (χ1v) is 12.3. The number of rotatable bonds is 3. The fourth-order valence-electron chi connectivity index (χ4n) is 4.61. The second kappa shape index (κ2) is 14.4. The summed E-state index contributed by atoms with van der Waals surface area (Å²) in [5, 5.41) is 2.83. The van der Waals surface area contributed by atoms with Crippen LogP contribution in [0.4, 0.5) is 0 Å². The largest absolute Gasteiger partial charge is 0.356 e. The first-order valence-electron chi connectivity index (χ1n) is 12.3. The monoisotopic (exact) mass is 394 g/mol. The van der Waals surface area contributed by atoms with Crippen molar-refractivity contribution in [2.75, 3.05) is 19.6 Å². The number of hydrogen-bond donors (Lipinski definition) is 1. The Morgan fingerprint density at radius 3 is 1.64 bits per heavy atom. The van der Waals surface area contributed by atoms with Gasteiger partial charge >= 0.3 is 0 Å². The van der Waals surface area contributed by atoms with Crippen LogP contribution in [0.1, 0.15) is 106 Å². The first kappa shape index (κ1) is 25.5. The highest BCUT2D eigenvalue weighted by Gasteiger charge is 2.21. The standard InChI is InChI=1S/C9H18.C8H15NO.C8H17N/c1-8(2)9-6-4-3-5-7-9;1-6(2)7-3-4-9-8(10)5-7;1-8(2)9-6-4-3-5-7-9/h8-9H,3-7H2,1-2H3;6-7H,3-5H2,1-2H3,(H,9,10);8H,3-7H2,1-2H3. The van der Waals surface area contributed by atoms with Crippen LogP contribution in [0.15, 0.2) is 0 Å². The molecule has 28 heavy (non-hydrogen) atoms. The van der Waals surface area contributed by atoms with Gasteiger partial charge in [-0.2, -0.15) is 0 Å². The molecule has 1 N–H and O–H groups in total. The number of nitrogens with zero attached hydrogens (tertiary/aromatic N) is 1. The van der Waals surface area contributed by atoms with E-state index in [2.05, 4.69) is 51.8 Å². The first-order chi connectivity index (χ1) is 13.3. The summed E-state index contributed by atoms with van der Waals surface area (Å²) in [4.78, 5) is 13.4. The van der Waals surface area contributed by atoms with Gasteiger partial charge in [-0.3, -0.25) is 4.79 Å². The van der Waals surface area contributed by atoms with Gasteiger partial charge in [0.05, 0.1) is 0 Å². The van der Waals surface area contributed by atoms with E-state index in [1.807, 2.05) is 0 Å². The maximum Gasteiger partial charge on any atom is 0.220 e. The van der Waals surface area contributed by atoms with Crippen LogP contribution in [-0.4, -0.2) is 36.5 Å². The molecule has 166 valence electrons. The highest BCUT2D eigenvalue weighted by atomic mass is 16.1. The molecule has 2 heterocycles. The molecule has 0 radical (unpaired) electrons. The Bertz CT molecular complexity index is 371. The van der Waals surface area contributed by atoms with Crippen molar-refractivity contribution in [3.63, 3.8) is 0 Å². The molecule has 2 aliphatic heterocycles. The Labute approximate surface area is 176 Å². The topological polar surface area (TPSA) is 32.3 Å². The lowest BCUT2D eigenvalue weighted by molar-refractivity contribution is -0.123. The van der Waals surface area contributed by atoms with Crippen molar-refractivity contribution in [3.05, 3.63) is 0 Å². The Kier molecular flexibility index (Phi) is 13.1. The zero-order valence-electron chi connectivity index (χ0n) is 19.9. The summed E-state index contributed by atoms with van der Waals surface area (Å²) in [7, 11) is 0. The maximum atomic E-state index is 10.9.